The van der Waals surface area contributed by atoms with Crippen molar-refractivity contribution < 1.29 is 4.74 Å². The van der Waals surface area contributed by atoms with Gasteiger partial charge in [-0.2, -0.15) is 0 Å². The second-order valence-corrected chi connectivity index (χ2v) is 10.5. The monoisotopic (exact) mass is 479 g/mol. The highest BCUT2D eigenvalue weighted by Crippen LogP contribution is 2.41. The molecule has 33 heavy (non-hydrogen) atoms. The third-order valence-corrected chi connectivity index (χ3v) is 8.31. The van der Waals surface area contributed by atoms with Crippen molar-refractivity contribution in [1.29, 1.82) is 0 Å². The van der Waals surface area contributed by atoms with Gasteiger partial charge in [-0.05, 0) is 59.0 Å². The molecule has 0 unspecified atom stereocenters. The molecule has 0 radical (unpaired) electrons. The van der Waals surface area contributed by atoms with E-state index in [1.165, 1.54) is 34.2 Å². The van der Waals surface area contributed by atoms with Crippen LogP contribution in [0.2, 0.25) is 0 Å². The van der Waals surface area contributed by atoms with Gasteiger partial charge in [-0.25, -0.2) is 14.6 Å². The second kappa shape index (κ2) is 9.46. The Morgan fingerprint density at radius 2 is 1.85 bits per heavy atom. The summed E-state index contributed by atoms with van der Waals surface area (Å²) in [6, 6.07) is 10.3. The van der Waals surface area contributed by atoms with Gasteiger partial charge in [0.2, 0.25) is 5.16 Å². The second-order valence-electron chi connectivity index (χ2n) is 8.43. The molecule has 3 aromatic heterocycles. The van der Waals surface area contributed by atoms with E-state index in [-0.39, 0.29) is 0 Å². The van der Waals surface area contributed by atoms with Gasteiger partial charge in [-0.1, -0.05) is 30.3 Å². The van der Waals surface area contributed by atoms with Crippen molar-refractivity contribution in [1.82, 2.24) is 35.1 Å². The van der Waals surface area contributed by atoms with Crippen molar-refractivity contribution in [3.8, 4) is 0 Å². The van der Waals surface area contributed by atoms with Crippen LogP contribution in [-0.4, -0.2) is 61.4 Å². The number of nitrogens with zero attached hydrogens (tertiary/aromatic N) is 7. The molecule has 1 aliphatic carbocycles. The lowest BCUT2D eigenvalue weighted by molar-refractivity contribution is 0.0330. The zero-order chi connectivity index (χ0) is 22.0. The summed E-state index contributed by atoms with van der Waals surface area (Å²) in [5, 5.41) is 15.5. The largest absolute Gasteiger partial charge is 0.379 e. The van der Waals surface area contributed by atoms with Gasteiger partial charge in [0, 0.05) is 23.4 Å². The molecule has 1 fully saturated rings. The first-order valence-electron chi connectivity index (χ1n) is 11.4. The van der Waals surface area contributed by atoms with Crippen molar-refractivity contribution in [2.45, 2.75) is 49.0 Å². The number of fused-ring (bicyclic) bond motifs is 3. The number of tetrazole rings is 1. The molecule has 10 heteroatoms. The number of aromatic nitrogens is 6. The van der Waals surface area contributed by atoms with Crippen molar-refractivity contribution in [2.75, 3.05) is 26.3 Å². The van der Waals surface area contributed by atoms with Gasteiger partial charge in [0.15, 0.2) is 0 Å². The number of hydrogen-bond donors (Lipinski definition) is 0. The summed E-state index contributed by atoms with van der Waals surface area (Å²) < 4.78 is 7.36. The SMILES string of the molecule is c1ccc(Cn2nnnc2Sc2nc(CN3CCOCC3)nc3sc4c(c23)CCCC4)cc1. The average Bonchev–Trinajstić information content (AvgIpc) is 3.44. The molecular weight excluding hydrogens is 454 g/mol. The van der Waals surface area contributed by atoms with E-state index >= 15 is 0 Å². The topological polar surface area (TPSA) is 81.9 Å². The lowest BCUT2D eigenvalue weighted by Gasteiger charge is -2.25. The number of morpholine rings is 1. The number of rotatable bonds is 6. The van der Waals surface area contributed by atoms with Crippen LogP contribution in [0.5, 0.6) is 0 Å². The van der Waals surface area contributed by atoms with Crippen molar-refractivity contribution in [2.24, 2.45) is 0 Å². The molecular formula is C23H25N7OS2. The van der Waals surface area contributed by atoms with Gasteiger partial charge < -0.3 is 4.74 Å². The minimum atomic E-state index is 0.632. The molecule has 1 saturated heterocycles. The van der Waals surface area contributed by atoms with Crippen molar-refractivity contribution in [3.63, 3.8) is 0 Å². The van der Waals surface area contributed by atoms with Gasteiger partial charge in [-0.3, -0.25) is 4.90 Å². The van der Waals surface area contributed by atoms with E-state index in [1.807, 2.05) is 34.2 Å². The molecule has 0 amide bonds. The molecule has 4 heterocycles. The van der Waals surface area contributed by atoms with Crippen LogP contribution in [0.25, 0.3) is 10.2 Å². The molecule has 1 aromatic carbocycles. The summed E-state index contributed by atoms with van der Waals surface area (Å²) in [7, 11) is 0. The Labute approximate surface area is 200 Å². The minimum Gasteiger partial charge on any atom is -0.379 e. The lowest BCUT2D eigenvalue weighted by Crippen LogP contribution is -2.36. The van der Waals surface area contributed by atoms with Crippen LogP contribution in [-0.2, 0) is 30.7 Å². The highest BCUT2D eigenvalue weighted by atomic mass is 32.2. The summed E-state index contributed by atoms with van der Waals surface area (Å²) >= 11 is 3.41. The van der Waals surface area contributed by atoms with Gasteiger partial charge in [0.1, 0.15) is 15.7 Å². The molecule has 170 valence electrons. The molecule has 4 aromatic rings. The number of thiophene rings is 1. The van der Waals surface area contributed by atoms with Crippen LogP contribution in [0.15, 0.2) is 40.5 Å². The fraction of sp³-hybridized carbons (Fsp3) is 0.435. The fourth-order valence-corrected chi connectivity index (χ4v) is 6.76. The van der Waals surface area contributed by atoms with Gasteiger partial charge in [-0.15, -0.1) is 16.4 Å². The van der Waals surface area contributed by atoms with Crippen LogP contribution in [0.4, 0.5) is 0 Å². The number of ether oxygens (including phenoxy) is 1. The van der Waals surface area contributed by atoms with Gasteiger partial charge in [0.05, 0.1) is 26.3 Å². The van der Waals surface area contributed by atoms with E-state index in [1.54, 1.807) is 11.8 Å². The predicted molar refractivity (Wildman–Crippen MR) is 128 cm³/mol. The smallest absolute Gasteiger partial charge is 0.215 e. The molecule has 0 N–H and O–H groups in total. The Bertz CT molecular complexity index is 1250. The number of hydrogen-bond acceptors (Lipinski definition) is 9. The summed E-state index contributed by atoms with van der Waals surface area (Å²) in [5.41, 5.74) is 2.60. The maximum Gasteiger partial charge on any atom is 0.215 e. The van der Waals surface area contributed by atoms with E-state index in [2.05, 4.69) is 32.6 Å². The summed E-state index contributed by atoms with van der Waals surface area (Å²) in [4.78, 5) is 15.0. The quantitative estimate of drug-likeness (QED) is 0.388. The minimum absolute atomic E-state index is 0.632. The molecule has 1 aliphatic heterocycles. The van der Waals surface area contributed by atoms with E-state index in [9.17, 15) is 0 Å². The normalized spacial score (nSPS) is 16.8. The first-order chi connectivity index (χ1) is 16.3. The Kier molecular flexibility index (Phi) is 6.06. The first-order valence-corrected chi connectivity index (χ1v) is 13.1. The van der Waals surface area contributed by atoms with E-state index in [0.29, 0.717) is 6.54 Å². The van der Waals surface area contributed by atoms with E-state index in [4.69, 9.17) is 14.7 Å². The maximum atomic E-state index is 5.51. The molecule has 0 spiro atoms. The summed E-state index contributed by atoms with van der Waals surface area (Å²) in [5.74, 6) is 0.868. The molecule has 6 rings (SSSR count). The highest BCUT2D eigenvalue weighted by Gasteiger charge is 2.24. The molecule has 2 aliphatic rings. The Balaban J connectivity index is 1.37. The average molecular weight is 480 g/mol. The van der Waals surface area contributed by atoms with Crippen molar-refractivity contribution in [3.05, 3.63) is 52.2 Å². The van der Waals surface area contributed by atoms with Gasteiger partial charge in [0.25, 0.3) is 0 Å². The molecule has 0 bridgehead atoms. The van der Waals surface area contributed by atoms with Gasteiger partial charge >= 0.3 is 0 Å². The number of benzene rings is 1. The zero-order valence-corrected chi connectivity index (χ0v) is 19.9. The van der Waals surface area contributed by atoms with Crippen LogP contribution >= 0.6 is 23.1 Å². The molecule has 0 saturated carbocycles. The third-order valence-electron chi connectivity index (χ3n) is 6.16. The van der Waals surface area contributed by atoms with Crippen LogP contribution in [0.3, 0.4) is 0 Å². The van der Waals surface area contributed by atoms with Crippen LogP contribution in [0, 0.1) is 0 Å². The molecule has 0 atom stereocenters. The Morgan fingerprint density at radius 1 is 1.00 bits per heavy atom. The lowest BCUT2D eigenvalue weighted by atomic mass is 9.97. The maximum absolute atomic E-state index is 5.51. The predicted octanol–water partition coefficient (Wildman–Crippen LogP) is 3.59. The standard InChI is InChI=1S/C23H25N7OS2/c1-2-6-16(7-3-1)14-30-23(26-27-28-30)33-22-20-17-8-4-5-9-18(17)32-21(20)24-19(25-22)15-29-10-12-31-13-11-29/h1-3,6-7H,4-5,8-15H2. The first kappa shape index (κ1) is 21.2. The highest BCUT2D eigenvalue weighted by molar-refractivity contribution is 7.99. The van der Waals surface area contributed by atoms with E-state index in [0.717, 1.165) is 66.5 Å². The van der Waals surface area contributed by atoms with Crippen LogP contribution < -0.4 is 0 Å². The Morgan fingerprint density at radius 3 is 2.73 bits per heavy atom. The summed E-state index contributed by atoms with van der Waals surface area (Å²) in [6.45, 7) is 4.74. The summed E-state index contributed by atoms with van der Waals surface area (Å²) in [6.07, 6.45) is 4.73. The molecule has 8 nitrogen and oxygen atoms in total. The van der Waals surface area contributed by atoms with Crippen LogP contribution in [0.1, 0.15) is 34.7 Å². The number of aryl methyl sites for hydroxylation is 2. The zero-order valence-electron chi connectivity index (χ0n) is 18.3. The third kappa shape index (κ3) is 4.52. The fourth-order valence-electron chi connectivity index (χ4n) is 4.48. The van der Waals surface area contributed by atoms with Crippen molar-refractivity contribution >= 4 is 33.3 Å². The van der Waals surface area contributed by atoms with E-state index < -0.39 is 0 Å². The Hall–Kier alpha value is -2.40.